The van der Waals surface area contributed by atoms with Gasteiger partial charge in [0.25, 0.3) is 0 Å². The maximum Gasteiger partial charge on any atom is 0.240 e. The van der Waals surface area contributed by atoms with Gasteiger partial charge in [-0.2, -0.15) is 5.10 Å². The molecule has 0 unspecified atom stereocenters. The van der Waals surface area contributed by atoms with Gasteiger partial charge in [0.15, 0.2) is 0 Å². The fourth-order valence-electron chi connectivity index (χ4n) is 4.73. The van der Waals surface area contributed by atoms with E-state index in [2.05, 4.69) is 32.2 Å². The second kappa shape index (κ2) is 10.3. The quantitative estimate of drug-likeness (QED) is 0.472. The minimum absolute atomic E-state index is 0.0658. The van der Waals surface area contributed by atoms with Crippen LogP contribution >= 0.6 is 11.8 Å². The summed E-state index contributed by atoms with van der Waals surface area (Å²) in [5.41, 5.74) is 4.55. The molecule has 196 valence electrons. The summed E-state index contributed by atoms with van der Waals surface area (Å²) >= 11 is 1.38. The van der Waals surface area contributed by atoms with Crippen molar-refractivity contribution in [1.29, 1.82) is 0 Å². The van der Waals surface area contributed by atoms with Gasteiger partial charge in [0, 0.05) is 22.6 Å². The molecule has 0 radical (unpaired) electrons. The SMILES string of the molecule is Cc1ccc(-n2nc(C(C)(C)C)c3c2N(CC(=O)NC(C)C)C(=O)CS[C@@H]3c2ccccc2F)c(C)c1. The van der Waals surface area contributed by atoms with Crippen LogP contribution in [0.25, 0.3) is 5.69 Å². The third kappa shape index (κ3) is 5.44. The van der Waals surface area contributed by atoms with Gasteiger partial charge in [-0.15, -0.1) is 11.8 Å². The number of halogens is 1. The summed E-state index contributed by atoms with van der Waals surface area (Å²) < 4.78 is 17.0. The molecule has 0 spiro atoms. The number of fused-ring (bicyclic) bond motifs is 1. The molecule has 0 saturated heterocycles. The molecule has 2 amide bonds. The van der Waals surface area contributed by atoms with Gasteiger partial charge in [-0.1, -0.05) is 56.7 Å². The number of thioether (sulfide) groups is 1. The molecule has 0 bridgehead atoms. The van der Waals surface area contributed by atoms with Crippen LogP contribution in [-0.2, 0) is 15.0 Å². The minimum atomic E-state index is -0.466. The van der Waals surface area contributed by atoms with Gasteiger partial charge in [-0.3, -0.25) is 14.5 Å². The van der Waals surface area contributed by atoms with Gasteiger partial charge in [-0.05, 0) is 45.4 Å². The van der Waals surface area contributed by atoms with Crippen molar-refractivity contribution in [2.45, 2.75) is 65.2 Å². The molecule has 1 N–H and O–H groups in total. The summed E-state index contributed by atoms with van der Waals surface area (Å²) in [6.45, 7) is 13.8. The van der Waals surface area contributed by atoms with Crippen molar-refractivity contribution >= 4 is 29.4 Å². The van der Waals surface area contributed by atoms with Crippen LogP contribution in [0.4, 0.5) is 10.2 Å². The summed E-state index contributed by atoms with van der Waals surface area (Å²) in [6.07, 6.45) is 0. The van der Waals surface area contributed by atoms with Crippen molar-refractivity contribution in [3.63, 3.8) is 0 Å². The molecule has 3 aromatic rings. The monoisotopic (exact) mass is 522 g/mol. The lowest BCUT2D eigenvalue weighted by Gasteiger charge is -2.25. The summed E-state index contributed by atoms with van der Waals surface area (Å²) in [5.74, 6) is -0.161. The third-order valence-corrected chi connectivity index (χ3v) is 7.56. The topological polar surface area (TPSA) is 67.2 Å². The Balaban J connectivity index is 2.06. The van der Waals surface area contributed by atoms with Crippen LogP contribution in [0.2, 0.25) is 0 Å². The average Bonchev–Trinajstić information content (AvgIpc) is 3.12. The first-order chi connectivity index (χ1) is 17.4. The van der Waals surface area contributed by atoms with E-state index < -0.39 is 10.7 Å². The van der Waals surface area contributed by atoms with Crippen LogP contribution in [0.3, 0.4) is 0 Å². The number of nitrogens with one attached hydrogen (secondary N) is 1. The van der Waals surface area contributed by atoms with Crippen molar-refractivity contribution in [2.75, 3.05) is 17.2 Å². The number of hydrogen-bond donors (Lipinski definition) is 1. The first kappa shape index (κ1) is 26.9. The van der Waals surface area contributed by atoms with Crippen LogP contribution in [0.15, 0.2) is 42.5 Å². The molecule has 4 rings (SSSR count). The maximum atomic E-state index is 15.2. The van der Waals surface area contributed by atoms with Crippen molar-refractivity contribution in [2.24, 2.45) is 0 Å². The standard InChI is InChI=1S/C29H35FN4O2S/c1-17(2)31-23(35)15-33-24(36)16-37-26(20-10-8-9-11-21(20)30)25-27(29(5,6)7)32-34(28(25)33)22-13-12-18(3)14-19(22)4/h8-14,17,26H,15-16H2,1-7H3,(H,31,35)/t26-/m1/s1. The van der Waals surface area contributed by atoms with Crippen molar-refractivity contribution < 1.29 is 14.0 Å². The van der Waals surface area contributed by atoms with Crippen LogP contribution in [-0.4, -0.2) is 39.9 Å². The number of amides is 2. The molecule has 1 aliphatic rings. The predicted octanol–water partition coefficient (Wildman–Crippen LogP) is 5.62. The van der Waals surface area contributed by atoms with E-state index in [0.717, 1.165) is 28.1 Å². The number of aromatic nitrogens is 2. The molecule has 0 fully saturated rings. The Kier molecular flexibility index (Phi) is 7.51. The first-order valence-electron chi connectivity index (χ1n) is 12.5. The molecular formula is C29H35FN4O2S. The summed E-state index contributed by atoms with van der Waals surface area (Å²) in [5, 5.41) is 7.51. The molecule has 2 aromatic carbocycles. The maximum absolute atomic E-state index is 15.2. The van der Waals surface area contributed by atoms with Crippen LogP contribution in [0.1, 0.15) is 67.8 Å². The highest BCUT2D eigenvalue weighted by Crippen LogP contribution is 2.49. The van der Waals surface area contributed by atoms with Crippen LogP contribution < -0.4 is 10.2 Å². The zero-order valence-electron chi connectivity index (χ0n) is 22.6. The van der Waals surface area contributed by atoms with E-state index in [1.165, 1.54) is 22.7 Å². The van der Waals surface area contributed by atoms with Gasteiger partial charge in [0.2, 0.25) is 11.8 Å². The largest absolute Gasteiger partial charge is 0.352 e. The Morgan fingerprint density at radius 3 is 2.51 bits per heavy atom. The molecule has 0 saturated carbocycles. The van der Waals surface area contributed by atoms with E-state index in [9.17, 15) is 9.59 Å². The van der Waals surface area contributed by atoms with E-state index >= 15 is 4.39 Å². The van der Waals surface area contributed by atoms with Gasteiger partial charge < -0.3 is 5.32 Å². The molecular weight excluding hydrogens is 487 g/mol. The van der Waals surface area contributed by atoms with Crippen molar-refractivity contribution in [3.8, 4) is 5.69 Å². The smallest absolute Gasteiger partial charge is 0.240 e. The average molecular weight is 523 g/mol. The molecule has 1 aromatic heterocycles. The first-order valence-corrected chi connectivity index (χ1v) is 13.6. The van der Waals surface area contributed by atoms with Gasteiger partial charge in [-0.25, -0.2) is 9.07 Å². The number of benzene rings is 2. The summed E-state index contributed by atoms with van der Waals surface area (Å²) in [7, 11) is 0. The zero-order valence-corrected chi connectivity index (χ0v) is 23.4. The van der Waals surface area contributed by atoms with E-state index in [0.29, 0.717) is 11.4 Å². The summed E-state index contributed by atoms with van der Waals surface area (Å²) in [4.78, 5) is 28.1. The lowest BCUT2D eigenvalue weighted by molar-refractivity contribution is -0.123. The minimum Gasteiger partial charge on any atom is -0.352 e. The Hall–Kier alpha value is -3.13. The molecule has 1 aliphatic heterocycles. The van der Waals surface area contributed by atoms with Crippen LogP contribution in [0, 0.1) is 19.7 Å². The third-order valence-electron chi connectivity index (χ3n) is 6.32. The Bertz CT molecular complexity index is 1340. The molecule has 2 heterocycles. The number of anilines is 1. The van der Waals surface area contributed by atoms with E-state index in [1.54, 1.807) is 16.8 Å². The second-order valence-corrected chi connectivity index (χ2v) is 12.0. The molecule has 1 atom stereocenters. The predicted molar refractivity (Wildman–Crippen MR) is 148 cm³/mol. The highest BCUT2D eigenvalue weighted by molar-refractivity contribution is 8.00. The van der Waals surface area contributed by atoms with Crippen molar-refractivity contribution in [3.05, 3.63) is 76.2 Å². The normalized spacial score (nSPS) is 16.1. The number of nitrogens with zero attached hydrogens (tertiary/aromatic N) is 3. The number of carbonyl (C=O) groups excluding carboxylic acids is 2. The van der Waals surface area contributed by atoms with Gasteiger partial charge >= 0.3 is 0 Å². The highest BCUT2D eigenvalue weighted by atomic mass is 32.2. The van der Waals surface area contributed by atoms with E-state index in [1.807, 2.05) is 45.9 Å². The molecule has 0 aliphatic carbocycles. The number of hydrogen-bond acceptors (Lipinski definition) is 4. The lowest BCUT2D eigenvalue weighted by atomic mass is 9.87. The number of carbonyl (C=O) groups is 2. The fourth-order valence-corrected chi connectivity index (χ4v) is 5.95. The van der Waals surface area contributed by atoms with Gasteiger partial charge in [0.05, 0.1) is 22.4 Å². The number of rotatable bonds is 5. The lowest BCUT2D eigenvalue weighted by Crippen LogP contribution is -2.44. The fraction of sp³-hybridized carbons (Fsp3) is 0.414. The number of aryl methyl sites for hydroxylation is 2. The highest BCUT2D eigenvalue weighted by Gasteiger charge is 2.40. The van der Waals surface area contributed by atoms with E-state index in [4.69, 9.17) is 5.10 Å². The zero-order chi connectivity index (χ0) is 27.1. The molecule has 37 heavy (non-hydrogen) atoms. The van der Waals surface area contributed by atoms with Crippen molar-refractivity contribution in [1.82, 2.24) is 15.1 Å². The Morgan fingerprint density at radius 2 is 1.89 bits per heavy atom. The summed E-state index contributed by atoms with van der Waals surface area (Å²) in [6, 6.07) is 12.7. The van der Waals surface area contributed by atoms with Crippen LogP contribution in [0.5, 0.6) is 0 Å². The second-order valence-electron chi connectivity index (χ2n) is 11.0. The van der Waals surface area contributed by atoms with Gasteiger partial charge in [0.1, 0.15) is 18.2 Å². The Labute approximate surface area is 222 Å². The Morgan fingerprint density at radius 1 is 1.19 bits per heavy atom. The van der Waals surface area contributed by atoms with E-state index in [-0.39, 0.29) is 36.0 Å². The molecule has 8 heteroatoms. The molecule has 6 nitrogen and oxygen atoms in total.